The molecule has 2 fully saturated rings. The topological polar surface area (TPSA) is 53.1 Å². The molecule has 23 heavy (non-hydrogen) atoms. The molecule has 2 N–H and O–H groups in total. The fourth-order valence-electron chi connectivity index (χ4n) is 4.04. The summed E-state index contributed by atoms with van der Waals surface area (Å²) >= 11 is 0. The molecule has 1 aromatic heterocycles. The Balaban J connectivity index is 1.54. The molecule has 1 saturated carbocycles. The Hall–Kier alpha value is -1.36. The maximum atomic E-state index is 4.54. The number of rotatable bonds is 5. The lowest BCUT2D eigenvalue weighted by atomic mass is 9.88. The maximum absolute atomic E-state index is 4.54. The molecule has 0 spiro atoms. The van der Waals surface area contributed by atoms with Crippen LogP contribution in [-0.2, 0) is 0 Å². The summed E-state index contributed by atoms with van der Waals surface area (Å²) in [4.78, 5) is 11.6. The molecule has 3 rings (SSSR count). The predicted molar refractivity (Wildman–Crippen MR) is 96.0 cm³/mol. The van der Waals surface area contributed by atoms with Gasteiger partial charge in [0, 0.05) is 37.9 Å². The number of nitrogens with zero attached hydrogens (tertiary/aromatic N) is 3. The van der Waals surface area contributed by atoms with Crippen LogP contribution in [0.1, 0.15) is 50.6 Å². The number of aryl methyl sites for hydroxylation is 1. The summed E-state index contributed by atoms with van der Waals surface area (Å²) in [5.41, 5.74) is 1.00. The van der Waals surface area contributed by atoms with Gasteiger partial charge in [0.25, 0.3) is 0 Å². The highest BCUT2D eigenvalue weighted by Crippen LogP contribution is 2.26. The Kier molecular flexibility index (Phi) is 5.70. The van der Waals surface area contributed by atoms with Gasteiger partial charge < -0.3 is 15.5 Å². The Morgan fingerprint density at radius 3 is 2.74 bits per heavy atom. The number of piperidine rings is 1. The minimum Gasteiger partial charge on any atom is -0.366 e. The molecule has 2 aliphatic rings. The molecule has 0 bridgehead atoms. The number of anilines is 2. The molecule has 1 aromatic rings. The zero-order valence-corrected chi connectivity index (χ0v) is 14.6. The van der Waals surface area contributed by atoms with E-state index in [1.165, 1.54) is 58.0 Å². The van der Waals surface area contributed by atoms with Crippen molar-refractivity contribution in [2.75, 3.05) is 37.3 Å². The lowest BCUT2D eigenvalue weighted by Crippen LogP contribution is -2.44. The minimum absolute atomic E-state index is 0.506. The Morgan fingerprint density at radius 2 is 1.96 bits per heavy atom. The molecule has 5 nitrogen and oxygen atoms in total. The van der Waals surface area contributed by atoms with E-state index in [1.54, 1.807) is 0 Å². The molecule has 0 unspecified atom stereocenters. The fourth-order valence-corrected chi connectivity index (χ4v) is 4.04. The van der Waals surface area contributed by atoms with Crippen LogP contribution in [0.2, 0.25) is 0 Å². The maximum Gasteiger partial charge on any atom is 0.224 e. The van der Waals surface area contributed by atoms with Crippen molar-refractivity contribution in [3.05, 3.63) is 11.8 Å². The number of nitrogens with one attached hydrogen (secondary N) is 2. The molecule has 1 aliphatic heterocycles. The summed E-state index contributed by atoms with van der Waals surface area (Å²) in [5, 5.41) is 6.67. The zero-order valence-electron chi connectivity index (χ0n) is 14.6. The molecule has 0 aromatic carbocycles. The summed E-state index contributed by atoms with van der Waals surface area (Å²) < 4.78 is 0. The number of aromatic nitrogens is 2. The van der Waals surface area contributed by atoms with Crippen LogP contribution in [0.5, 0.6) is 0 Å². The smallest absolute Gasteiger partial charge is 0.224 e. The molecule has 1 atom stereocenters. The van der Waals surface area contributed by atoms with E-state index in [9.17, 15) is 0 Å². The van der Waals surface area contributed by atoms with Crippen LogP contribution in [0.3, 0.4) is 0 Å². The van der Waals surface area contributed by atoms with E-state index in [4.69, 9.17) is 0 Å². The van der Waals surface area contributed by atoms with Crippen LogP contribution in [0.15, 0.2) is 6.07 Å². The third kappa shape index (κ3) is 4.80. The van der Waals surface area contributed by atoms with Crippen LogP contribution >= 0.6 is 0 Å². The average molecular weight is 317 g/mol. The molecule has 128 valence electrons. The second-order valence-electron chi connectivity index (χ2n) is 7.22. The average Bonchev–Trinajstić information content (AvgIpc) is 2.55. The lowest BCUT2D eigenvalue weighted by molar-refractivity contribution is 0.166. The van der Waals surface area contributed by atoms with Crippen molar-refractivity contribution < 1.29 is 0 Å². The standard InChI is InChI=1S/C18H31N5/c1-14-11-17(22-18(19-2)20-14)21-16-9-6-10-23(13-16)12-15-7-4-3-5-8-15/h11,15-16H,3-10,12-13H2,1-2H3,(H2,19,20,21,22)/t16-/m0/s1. The van der Waals surface area contributed by atoms with Gasteiger partial charge in [-0.25, -0.2) is 4.98 Å². The van der Waals surface area contributed by atoms with E-state index >= 15 is 0 Å². The Morgan fingerprint density at radius 1 is 1.13 bits per heavy atom. The first kappa shape index (κ1) is 16.5. The van der Waals surface area contributed by atoms with Crippen molar-refractivity contribution in [2.45, 2.75) is 57.9 Å². The highest BCUT2D eigenvalue weighted by Gasteiger charge is 2.23. The Labute approximate surface area is 140 Å². The van der Waals surface area contributed by atoms with Gasteiger partial charge in [-0.2, -0.15) is 4.98 Å². The van der Waals surface area contributed by atoms with Gasteiger partial charge in [-0.05, 0) is 45.1 Å². The van der Waals surface area contributed by atoms with E-state index < -0.39 is 0 Å². The first-order valence-corrected chi connectivity index (χ1v) is 9.25. The SMILES string of the molecule is CNc1nc(C)cc(N[C@H]2CCCN(CC3CCCCC3)C2)n1. The Bertz CT molecular complexity index is 498. The van der Waals surface area contributed by atoms with E-state index in [2.05, 4.69) is 25.5 Å². The van der Waals surface area contributed by atoms with E-state index in [0.29, 0.717) is 12.0 Å². The monoisotopic (exact) mass is 317 g/mol. The van der Waals surface area contributed by atoms with Gasteiger partial charge in [-0.15, -0.1) is 0 Å². The molecular weight excluding hydrogens is 286 g/mol. The van der Waals surface area contributed by atoms with Crippen molar-refractivity contribution >= 4 is 11.8 Å². The highest BCUT2D eigenvalue weighted by molar-refractivity contribution is 5.42. The lowest BCUT2D eigenvalue weighted by Gasteiger charge is -2.36. The van der Waals surface area contributed by atoms with Gasteiger partial charge >= 0.3 is 0 Å². The zero-order chi connectivity index (χ0) is 16.1. The summed E-state index contributed by atoms with van der Waals surface area (Å²) in [5.74, 6) is 2.58. The van der Waals surface area contributed by atoms with Gasteiger partial charge in [0.1, 0.15) is 5.82 Å². The van der Waals surface area contributed by atoms with Crippen molar-refractivity contribution in [2.24, 2.45) is 5.92 Å². The third-order valence-corrected chi connectivity index (χ3v) is 5.18. The second-order valence-corrected chi connectivity index (χ2v) is 7.22. The van der Waals surface area contributed by atoms with Crippen molar-refractivity contribution in [1.82, 2.24) is 14.9 Å². The molecule has 5 heteroatoms. The normalized spacial score (nSPS) is 23.7. The van der Waals surface area contributed by atoms with Crippen molar-refractivity contribution in [1.29, 1.82) is 0 Å². The van der Waals surface area contributed by atoms with Gasteiger partial charge in [-0.1, -0.05) is 19.3 Å². The summed E-state index contributed by atoms with van der Waals surface area (Å²) in [6.07, 6.45) is 9.71. The van der Waals surface area contributed by atoms with Crippen LogP contribution in [-0.4, -0.2) is 47.6 Å². The molecule has 0 amide bonds. The molecular formula is C18H31N5. The molecule has 2 heterocycles. The first-order valence-electron chi connectivity index (χ1n) is 9.25. The van der Waals surface area contributed by atoms with E-state index in [0.717, 1.165) is 24.0 Å². The highest BCUT2D eigenvalue weighted by atomic mass is 15.2. The second kappa shape index (κ2) is 7.95. The summed E-state index contributed by atoms with van der Waals surface area (Å²) in [6, 6.07) is 2.55. The quantitative estimate of drug-likeness (QED) is 0.873. The number of hydrogen-bond donors (Lipinski definition) is 2. The van der Waals surface area contributed by atoms with Crippen LogP contribution in [0.4, 0.5) is 11.8 Å². The molecule has 0 radical (unpaired) electrons. The third-order valence-electron chi connectivity index (χ3n) is 5.18. The van der Waals surface area contributed by atoms with Gasteiger partial charge in [0.2, 0.25) is 5.95 Å². The first-order chi connectivity index (χ1) is 11.2. The van der Waals surface area contributed by atoms with E-state index in [-0.39, 0.29) is 0 Å². The minimum atomic E-state index is 0.506. The van der Waals surface area contributed by atoms with Gasteiger partial charge in [-0.3, -0.25) is 0 Å². The molecule has 1 saturated heterocycles. The van der Waals surface area contributed by atoms with Crippen molar-refractivity contribution in [3.8, 4) is 0 Å². The van der Waals surface area contributed by atoms with Crippen LogP contribution < -0.4 is 10.6 Å². The molecule has 1 aliphatic carbocycles. The predicted octanol–water partition coefficient (Wildman–Crippen LogP) is 3.28. The van der Waals surface area contributed by atoms with Crippen LogP contribution in [0, 0.1) is 12.8 Å². The van der Waals surface area contributed by atoms with Crippen LogP contribution in [0.25, 0.3) is 0 Å². The number of hydrogen-bond acceptors (Lipinski definition) is 5. The van der Waals surface area contributed by atoms with Gasteiger partial charge in [0.15, 0.2) is 0 Å². The largest absolute Gasteiger partial charge is 0.366 e. The number of likely N-dealkylation sites (tertiary alicyclic amines) is 1. The van der Waals surface area contributed by atoms with Gasteiger partial charge in [0.05, 0.1) is 0 Å². The summed E-state index contributed by atoms with van der Waals surface area (Å²) in [7, 11) is 1.87. The van der Waals surface area contributed by atoms with Crippen molar-refractivity contribution in [3.63, 3.8) is 0 Å². The van der Waals surface area contributed by atoms with E-state index in [1.807, 2.05) is 20.0 Å². The summed E-state index contributed by atoms with van der Waals surface area (Å²) in [6.45, 7) is 5.72. The fraction of sp³-hybridized carbons (Fsp3) is 0.778.